The van der Waals surface area contributed by atoms with Crippen LogP contribution >= 0.6 is 11.6 Å². The summed E-state index contributed by atoms with van der Waals surface area (Å²) in [6.07, 6.45) is 2.21. The minimum absolute atomic E-state index is 0.0357. The van der Waals surface area contributed by atoms with Gasteiger partial charge in [-0.05, 0) is 6.07 Å². The molecule has 0 unspecified atom stereocenters. The second kappa shape index (κ2) is 4.75. The monoisotopic (exact) mass is 294 g/mol. The molecule has 0 bridgehead atoms. The molecular weight excluding hydrogens is 283 g/mol. The van der Waals surface area contributed by atoms with Gasteiger partial charge in [-0.15, -0.1) is 0 Å². The lowest BCUT2D eigenvalue weighted by molar-refractivity contribution is 0.627. The fourth-order valence-corrected chi connectivity index (χ4v) is 2.24. The van der Waals surface area contributed by atoms with Gasteiger partial charge in [-0.3, -0.25) is 4.68 Å². The third-order valence-corrected chi connectivity index (χ3v) is 3.32. The predicted molar refractivity (Wildman–Crippen MR) is 73.8 cm³/mol. The van der Waals surface area contributed by atoms with Crippen molar-refractivity contribution in [3.8, 4) is 0 Å². The second-order valence-corrected chi connectivity index (χ2v) is 4.87. The van der Waals surface area contributed by atoms with E-state index in [1.54, 1.807) is 22.6 Å². The number of anilines is 1. The van der Waals surface area contributed by atoms with E-state index in [-0.39, 0.29) is 5.02 Å². The molecule has 2 N–H and O–H groups in total. The number of imidazole rings is 1. The van der Waals surface area contributed by atoms with Crippen LogP contribution in [0.1, 0.15) is 5.82 Å². The lowest BCUT2D eigenvalue weighted by Crippen LogP contribution is -2.07. The fourth-order valence-electron chi connectivity index (χ4n) is 2.08. The first kappa shape index (κ1) is 12.9. The lowest BCUT2D eigenvalue weighted by atomic mass is 10.3. The van der Waals surface area contributed by atoms with Gasteiger partial charge in [0.2, 0.25) is 5.95 Å². The van der Waals surface area contributed by atoms with Crippen molar-refractivity contribution < 1.29 is 4.39 Å². The van der Waals surface area contributed by atoms with Crippen LogP contribution in [0.2, 0.25) is 5.02 Å². The van der Waals surface area contributed by atoms with Crippen molar-refractivity contribution >= 4 is 28.6 Å². The van der Waals surface area contributed by atoms with E-state index in [1.165, 1.54) is 12.1 Å². The first-order valence-corrected chi connectivity index (χ1v) is 6.37. The van der Waals surface area contributed by atoms with Gasteiger partial charge in [-0.1, -0.05) is 11.6 Å². The Labute approximate surface area is 119 Å². The Kier molecular flexibility index (Phi) is 3.06. The number of nitrogen functional groups attached to an aromatic ring is 1. The largest absolute Gasteiger partial charge is 0.369 e. The lowest BCUT2D eigenvalue weighted by Gasteiger charge is -2.04. The number of benzene rings is 1. The van der Waals surface area contributed by atoms with Gasteiger partial charge in [-0.25, -0.2) is 14.4 Å². The van der Waals surface area contributed by atoms with Gasteiger partial charge >= 0.3 is 0 Å². The maximum absolute atomic E-state index is 13.6. The van der Waals surface area contributed by atoms with Crippen LogP contribution in [0.4, 0.5) is 10.3 Å². The molecule has 0 aliphatic rings. The van der Waals surface area contributed by atoms with Crippen LogP contribution in [0.3, 0.4) is 0 Å². The molecule has 0 spiro atoms. The highest BCUT2D eigenvalue weighted by Crippen LogP contribution is 2.24. The summed E-state index contributed by atoms with van der Waals surface area (Å²) in [6.45, 7) is 0.521. The molecule has 8 heteroatoms. The van der Waals surface area contributed by atoms with Gasteiger partial charge in [0.15, 0.2) is 5.82 Å². The van der Waals surface area contributed by atoms with Gasteiger partial charge in [-0.2, -0.15) is 5.10 Å². The van der Waals surface area contributed by atoms with E-state index < -0.39 is 5.82 Å². The third-order valence-electron chi connectivity index (χ3n) is 3.03. The molecule has 0 saturated carbocycles. The van der Waals surface area contributed by atoms with Crippen molar-refractivity contribution in [2.24, 2.45) is 7.05 Å². The number of nitrogens with two attached hydrogens (primary N) is 1. The highest BCUT2D eigenvalue weighted by molar-refractivity contribution is 6.31. The summed E-state index contributed by atoms with van der Waals surface area (Å²) in [7, 11) is 1.80. The minimum atomic E-state index is -0.490. The Morgan fingerprint density at radius 1 is 1.40 bits per heavy atom. The molecule has 2 heterocycles. The molecule has 0 saturated heterocycles. The SMILES string of the molecule is Cn1cnc(CCn2c(N)nc3cc(Cl)c(F)cc32)n1. The number of fused-ring (bicyclic) bond motifs is 1. The van der Waals surface area contributed by atoms with Gasteiger partial charge in [0.1, 0.15) is 12.1 Å². The van der Waals surface area contributed by atoms with E-state index in [2.05, 4.69) is 15.1 Å². The summed E-state index contributed by atoms with van der Waals surface area (Å²) in [4.78, 5) is 8.31. The van der Waals surface area contributed by atoms with Gasteiger partial charge in [0, 0.05) is 26.1 Å². The first-order valence-electron chi connectivity index (χ1n) is 6.00. The molecule has 0 amide bonds. The molecule has 2 aromatic heterocycles. The van der Waals surface area contributed by atoms with E-state index in [1.807, 2.05) is 0 Å². The topological polar surface area (TPSA) is 74.5 Å². The van der Waals surface area contributed by atoms with Crippen LogP contribution in [-0.2, 0) is 20.0 Å². The summed E-state index contributed by atoms with van der Waals surface area (Å²) in [5.41, 5.74) is 7.05. The average Bonchev–Trinajstić information content (AvgIpc) is 2.92. The fraction of sp³-hybridized carbons (Fsp3) is 0.250. The Hall–Kier alpha value is -2.15. The molecule has 0 fully saturated rings. The smallest absolute Gasteiger partial charge is 0.201 e. The molecule has 6 nitrogen and oxygen atoms in total. The average molecular weight is 295 g/mol. The van der Waals surface area contributed by atoms with Crippen LogP contribution in [0, 0.1) is 5.82 Å². The van der Waals surface area contributed by atoms with Gasteiger partial charge in [0.25, 0.3) is 0 Å². The van der Waals surface area contributed by atoms with Crippen molar-refractivity contribution in [2.75, 3.05) is 5.73 Å². The zero-order chi connectivity index (χ0) is 14.3. The highest BCUT2D eigenvalue weighted by atomic mass is 35.5. The summed E-state index contributed by atoms with van der Waals surface area (Å²) < 4.78 is 16.9. The normalized spacial score (nSPS) is 11.3. The number of aromatic nitrogens is 5. The second-order valence-electron chi connectivity index (χ2n) is 4.46. The summed E-state index contributed by atoms with van der Waals surface area (Å²) in [6, 6.07) is 2.81. The first-order chi connectivity index (χ1) is 9.54. The summed E-state index contributed by atoms with van der Waals surface area (Å²) >= 11 is 5.74. The van der Waals surface area contributed by atoms with Crippen molar-refractivity contribution in [2.45, 2.75) is 13.0 Å². The molecule has 0 radical (unpaired) electrons. The minimum Gasteiger partial charge on any atom is -0.369 e. The number of halogens is 2. The van der Waals surface area contributed by atoms with Crippen LogP contribution in [0.25, 0.3) is 11.0 Å². The maximum atomic E-state index is 13.6. The Morgan fingerprint density at radius 3 is 2.90 bits per heavy atom. The van der Waals surface area contributed by atoms with E-state index in [0.717, 1.165) is 0 Å². The van der Waals surface area contributed by atoms with Crippen LogP contribution in [-0.4, -0.2) is 24.3 Å². The molecule has 0 atom stereocenters. The van der Waals surface area contributed by atoms with Crippen molar-refractivity contribution in [3.05, 3.63) is 35.1 Å². The van der Waals surface area contributed by atoms with Crippen molar-refractivity contribution in [1.82, 2.24) is 24.3 Å². The van der Waals surface area contributed by atoms with Gasteiger partial charge < -0.3 is 10.3 Å². The third kappa shape index (κ3) is 2.20. The van der Waals surface area contributed by atoms with E-state index in [9.17, 15) is 4.39 Å². The molecule has 20 heavy (non-hydrogen) atoms. The molecule has 3 rings (SSSR count). The number of hydrogen-bond donors (Lipinski definition) is 1. The number of rotatable bonds is 3. The molecule has 3 aromatic rings. The van der Waals surface area contributed by atoms with Crippen LogP contribution < -0.4 is 5.73 Å². The molecule has 0 aliphatic heterocycles. The Bertz CT molecular complexity index is 778. The van der Waals surface area contributed by atoms with E-state index in [0.29, 0.717) is 35.8 Å². The highest BCUT2D eigenvalue weighted by Gasteiger charge is 2.12. The summed E-state index contributed by atoms with van der Waals surface area (Å²) in [5, 5.41) is 4.22. The number of nitrogens with zero attached hydrogens (tertiary/aromatic N) is 5. The van der Waals surface area contributed by atoms with Crippen molar-refractivity contribution in [1.29, 1.82) is 0 Å². The van der Waals surface area contributed by atoms with Crippen molar-refractivity contribution in [3.63, 3.8) is 0 Å². The molecule has 104 valence electrons. The predicted octanol–water partition coefficient (Wildman–Crippen LogP) is 1.78. The Morgan fingerprint density at radius 2 is 2.20 bits per heavy atom. The zero-order valence-corrected chi connectivity index (χ0v) is 11.5. The standard InChI is InChI=1S/C12H12ClFN6/c1-19-6-16-11(18-19)2-3-20-10-5-8(14)7(13)4-9(10)17-12(20)15/h4-6H,2-3H2,1H3,(H2,15,17). The van der Waals surface area contributed by atoms with Crippen LogP contribution in [0.15, 0.2) is 18.5 Å². The Balaban J connectivity index is 1.94. The number of aryl methyl sites for hydroxylation is 3. The molecular formula is C12H12ClFN6. The van der Waals surface area contributed by atoms with Gasteiger partial charge in [0.05, 0.1) is 16.1 Å². The maximum Gasteiger partial charge on any atom is 0.201 e. The quantitative estimate of drug-likeness (QED) is 0.799. The van der Waals surface area contributed by atoms with Crippen LogP contribution in [0.5, 0.6) is 0 Å². The van der Waals surface area contributed by atoms with E-state index >= 15 is 0 Å². The number of hydrogen-bond acceptors (Lipinski definition) is 4. The zero-order valence-electron chi connectivity index (χ0n) is 10.7. The van der Waals surface area contributed by atoms with E-state index in [4.69, 9.17) is 17.3 Å². The molecule has 0 aliphatic carbocycles. The summed E-state index contributed by atoms with van der Waals surface area (Å²) in [5.74, 6) is 0.525. The molecule has 1 aromatic carbocycles.